The Labute approximate surface area is 298 Å². The lowest BCUT2D eigenvalue weighted by atomic mass is 9.62. The van der Waals surface area contributed by atoms with Crippen molar-refractivity contribution in [1.82, 2.24) is 10.6 Å². The van der Waals surface area contributed by atoms with Crippen LogP contribution in [0, 0.1) is 50.7 Å². The van der Waals surface area contributed by atoms with Crippen LogP contribution in [0.15, 0.2) is 161 Å². The Morgan fingerprint density at radius 1 is 0.588 bits per heavy atom. The maximum absolute atomic E-state index is 10.9. The number of nitrogens with one attached hydrogen (secondary N) is 2. The highest BCUT2D eigenvalue weighted by atomic mass is 15.0. The van der Waals surface area contributed by atoms with E-state index in [-0.39, 0.29) is 0 Å². The van der Waals surface area contributed by atoms with Crippen molar-refractivity contribution in [2.75, 3.05) is 0 Å². The van der Waals surface area contributed by atoms with Crippen molar-refractivity contribution in [1.29, 1.82) is 21.0 Å². The molecule has 2 aliphatic heterocycles. The molecule has 4 aromatic rings. The van der Waals surface area contributed by atoms with Gasteiger partial charge >= 0.3 is 0 Å². The Bertz CT molecular complexity index is 2300. The second-order valence-corrected chi connectivity index (χ2v) is 13.1. The lowest BCUT2D eigenvalue weighted by Crippen LogP contribution is -2.44. The molecule has 0 spiro atoms. The third kappa shape index (κ3) is 5.81. The predicted molar refractivity (Wildman–Crippen MR) is 198 cm³/mol. The van der Waals surface area contributed by atoms with Gasteiger partial charge in [-0.2, -0.15) is 21.0 Å². The van der Waals surface area contributed by atoms with Crippen LogP contribution < -0.4 is 10.6 Å². The van der Waals surface area contributed by atoms with Crippen LogP contribution in [0.1, 0.15) is 65.5 Å². The number of hydrogen-bond donors (Lipinski definition) is 2. The minimum atomic E-state index is -1.05. The summed E-state index contributed by atoms with van der Waals surface area (Å²) in [7, 11) is 0. The topological polar surface area (TPSA) is 119 Å². The van der Waals surface area contributed by atoms with Gasteiger partial charge in [-0.1, -0.05) is 133 Å². The molecule has 7 rings (SSSR count). The first-order chi connectivity index (χ1) is 25.0. The Morgan fingerprint density at radius 3 is 1.69 bits per heavy atom. The molecule has 1 aliphatic carbocycles. The summed E-state index contributed by atoms with van der Waals surface area (Å²) in [5.74, 6) is -1.21. The van der Waals surface area contributed by atoms with Gasteiger partial charge in [0, 0.05) is 5.92 Å². The van der Waals surface area contributed by atoms with Gasteiger partial charge in [0.1, 0.15) is 0 Å². The third-order valence-corrected chi connectivity index (χ3v) is 10.2. The van der Waals surface area contributed by atoms with Gasteiger partial charge in [-0.15, -0.1) is 0 Å². The fourth-order valence-corrected chi connectivity index (χ4v) is 7.67. The molecular formula is C45H34N6. The molecule has 0 saturated heterocycles. The number of hydrogen-bond acceptors (Lipinski definition) is 6. The van der Waals surface area contributed by atoms with E-state index in [9.17, 15) is 21.0 Å². The lowest BCUT2D eigenvalue weighted by Gasteiger charge is -2.45. The molecule has 2 N–H and O–H groups in total. The third-order valence-electron chi connectivity index (χ3n) is 10.2. The summed E-state index contributed by atoms with van der Waals surface area (Å²) < 4.78 is 0. The molecule has 0 amide bonds. The van der Waals surface area contributed by atoms with Crippen molar-refractivity contribution < 1.29 is 0 Å². The lowest BCUT2D eigenvalue weighted by molar-refractivity contribution is 0.272. The van der Waals surface area contributed by atoms with Crippen LogP contribution in [0.4, 0.5) is 0 Å². The molecule has 2 heterocycles. The van der Waals surface area contributed by atoms with Crippen molar-refractivity contribution >= 4 is 11.4 Å². The number of dihydropyridines is 1. The number of nitrogens with zero attached hydrogens (tertiary/aromatic N) is 4. The molecule has 4 aromatic carbocycles. The molecule has 0 bridgehead atoms. The normalized spacial score (nSPS) is 22.8. The molecular weight excluding hydrogens is 625 g/mol. The molecule has 51 heavy (non-hydrogen) atoms. The van der Waals surface area contributed by atoms with Crippen molar-refractivity contribution in [2.45, 2.75) is 37.6 Å². The summed E-state index contributed by atoms with van der Waals surface area (Å²) in [5.41, 5.74) is 7.58. The largest absolute Gasteiger partial charge is 0.375 e. The van der Waals surface area contributed by atoms with E-state index >= 15 is 0 Å². The zero-order valence-corrected chi connectivity index (χ0v) is 28.1. The van der Waals surface area contributed by atoms with Crippen molar-refractivity contribution in [3.63, 3.8) is 0 Å². The van der Waals surface area contributed by atoms with Gasteiger partial charge < -0.3 is 10.6 Å². The molecule has 3 aliphatic rings. The first-order valence-corrected chi connectivity index (χ1v) is 17.0. The van der Waals surface area contributed by atoms with Crippen LogP contribution in [0.25, 0.3) is 11.4 Å². The average molecular weight is 659 g/mol. The molecule has 6 heteroatoms. The van der Waals surface area contributed by atoms with Crippen LogP contribution >= 0.6 is 0 Å². The van der Waals surface area contributed by atoms with Crippen LogP contribution in [0.2, 0.25) is 0 Å². The molecule has 0 saturated carbocycles. The Balaban J connectivity index is 1.40. The van der Waals surface area contributed by atoms with E-state index in [2.05, 4.69) is 47.1 Å². The molecule has 6 nitrogen and oxygen atoms in total. The molecule has 4 unspecified atom stereocenters. The maximum Gasteiger partial charge on any atom is 0.0979 e. The van der Waals surface area contributed by atoms with E-state index in [1.54, 1.807) is 0 Å². The highest BCUT2D eigenvalue weighted by Crippen LogP contribution is 2.54. The summed E-state index contributed by atoms with van der Waals surface area (Å²) in [6.45, 7) is 1.92. The second-order valence-electron chi connectivity index (χ2n) is 13.1. The van der Waals surface area contributed by atoms with Crippen LogP contribution in [-0.4, -0.2) is 0 Å². The van der Waals surface area contributed by atoms with Crippen LogP contribution in [0.5, 0.6) is 0 Å². The van der Waals surface area contributed by atoms with Crippen molar-refractivity contribution in [3.05, 3.63) is 189 Å². The Morgan fingerprint density at radius 2 is 1.14 bits per heavy atom. The number of nitriles is 4. The first kappa shape index (κ1) is 32.7. The molecule has 4 atom stereocenters. The fourth-order valence-electron chi connectivity index (χ4n) is 7.67. The highest BCUT2D eigenvalue weighted by molar-refractivity contribution is 5.80. The predicted octanol–water partition coefficient (Wildman–Crippen LogP) is 9.26. The minimum absolute atomic E-state index is 0.417. The summed E-state index contributed by atoms with van der Waals surface area (Å²) in [5, 5.41) is 50.1. The van der Waals surface area contributed by atoms with E-state index in [1.807, 2.05) is 128 Å². The van der Waals surface area contributed by atoms with E-state index < -0.39 is 23.3 Å². The zero-order valence-electron chi connectivity index (χ0n) is 28.1. The number of benzene rings is 4. The summed E-state index contributed by atoms with van der Waals surface area (Å²) in [6, 6.07) is 46.8. The van der Waals surface area contributed by atoms with Gasteiger partial charge in [0.2, 0.25) is 0 Å². The van der Waals surface area contributed by atoms with Gasteiger partial charge in [0.05, 0.1) is 75.5 Å². The fraction of sp³-hybridized carbons (Fsp3) is 0.156. The SMILES string of the molecule is CC1(C#N)C(c2ccccc2)NC(c2ccccc2)=C(C#N)C1c1ccc(C2C(C#N)=C(C3=CCCC=C3)NC(c3ccccc3)=C2C#N)cc1. The number of allylic oxidation sites excluding steroid dienone is 6. The van der Waals surface area contributed by atoms with Crippen molar-refractivity contribution in [3.8, 4) is 24.3 Å². The summed E-state index contributed by atoms with van der Waals surface area (Å²) >= 11 is 0. The van der Waals surface area contributed by atoms with Gasteiger partial charge in [0.25, 0.3) is 0 Å². The average Bonchev–Trinajstić information content (AvgIpc) is 3.21. The standard InChI is InChI=1S/C45H34N6/c1-45(29-49)40(38(28-48)43(34-18-10-4-11-19-34)51-44(45)35-20-12-5-13-21-35)31-24-22-30(23-25-31)39-36(26-46)41(32-14-6-2-7-15-32)50-42(37(39)27-47)33-16-8-3-9-17-33/h2,4-8,10-25,39-40,44,50-51H,3,9H2,1H3. The quantitative estimate of drug-likeness (QED) is 0.213. The Kier molecular flexibility index (Phi) is 8.93. The maximum atomic E-state index is 10.9. The summed E-state index contributed by atoms with van der Waals surface area (Å²) in [6.07, 6.45) is 8.06. The second kappa shape index (κ2) is 13.9. The van der Waals surface area contributed by atoms with E-state index in [0.717, 1.165) is 46.2 Å². The van der Waals surface area contributed by atoms with Crippen LogP contribution in [-0.2, 0) is 0 Å². The van der Waals surface area contributed by atoms with Gasteiger partial charge in [0.15, 0.2) is 0 Å². The van der Waals surface area contributed by atoms with Gasteiger partial charge in [-0.3, -0.25) is 0 Å². The highest BCUT2D eigenvalue weighted by Gasteiger charge is 2.50. The first-order valence-electron chi connectivity index (χ1n) is 17.0. The van der Waals surface area contributed by atoms with Crippen LogP contribution in [0.3, 0.4) is 0 Å². The monoisotopic (exact) mass is 658 g/mol. The van der Waals surface area contributed by atoms with E-state index in [4.69, 9.17) is 0 Å². The Hall–Kier alpha value is -6.86. The zero-order chi connectivity index (χ0) is 35.4. The molecule has 0 fully saturated rings. The smallest absolute Gasteiger partial charge is 0.0979 e. The van der Waals surface area contributed by atoms with E-state index in [1.165, 1.54) is 0 Å². The van der Waals surface area contributed by atoms with Crippen molar-refractivity contribution in [2.24, 2.45) is 5.41 Å². The van der Waals surface area contributed by atoms with Gasteiger partial charge in [-0.05, 0) is 53.2 Å². The van der Waals surface area contributed by atoms with Gasteiger partial charge in [-0.25, -0.2) is 0 Å². The number of rotatable bonds is 6. The van der Waals surface area contributed by atoms with E-state index in [0.29, 0.717) is 33.8 Å². The molecule has 0 radical (unpaired) electrons. The molecule has 0 aromatic heterocycles. The minimum Gasteiger partial charge on any atom is -0.375 e. The summed E-state index contributed by atoms with van der Waals surface area (Å²) in [4.78, 5) is 0. The molecule has 244 valence electrons.